The number of methoxy groups -OCH3 is 1. The third-order valence-electron chi connectivity index (χ3n) is 6.38. The first-order valence-corrected chi connectivity index (χ1v) is 8.77. The van der Waals surface area contributed by atoms with Crippen LogP contribution in [0.25, 0.3) is 0 Å². The first kappa shape index (κ1) is 15.0. The van der Waals surface area contributed by atoms with Crippen LogP contribution in [0.3, 0.4) is 0 Å². The molecule has 1 aliphatic carbocycles. The van der Waals surface area contributed by atoms with Crippen molar-refractivity contribution in [3.8, 4) is 0 Å². The Hall–Kier alpha value is -2.34. The van der Waals surface area contributed by atoms with Gasteiger partial charge in [0.05, 0.1) is 30.4 Å². The molecule has 25 heavy (non-hydrogen) atoms. The number of para-hydroxylation sites is 1. The molecule has 1 N–H and O–H groups in total. The number of fused-ring (bicyclic) bond motifs is 1. The van der Waals surface area contributed by atoms with Crippen molar-refractivity contribution in [1.82, 2.24) is 4.90 Å². The van der Waals surface area contributed by atoms with Gasteiger partial charge in [0.25, 0.3) is 0 Å². The van der Waals surface area contributed by atoms with Crippen molar-refractivity contribution >= 4 is 17.7 Å². The zero-order valence-corrected chi connectivity index (χ0v) is 14.0. The molecule has 0 saturated carbocycles. The van der Waals surface area contributed by atoms with Crippen LogP contribution < -0.4 is 4.90 Å². The monoisotopic (exact) mass is 340 g/mol. The Labute approximate surface area is 145 Å². The fourth-order valence-corrected chi connectivity index (χ4v) is 5.55. The molecule has 2 amide bonds. The van der Waals surface area contributed by atoms with Crippen LogP contribution in [0.1, 0.15) is 24.8 Å². The molecule has 0 aromatic heterocycles. The van der Waals surface area contributed by atoms with Crippen LogP contribution in [-0.2, 0) is 14.9 Å². The molecule has 4 aliphatic rings. The van der Waals surface area contributed by atoms with Gasteiger partial charge in [-0.05, 0) is 30.5 Å². The zero-order chi connectivity index (χ0) is 17.3. The van der Waals surface area contributed by atoms with Crippen LogP contribution in [0.15, 0.2) is 36.0 Å². The highest BCUT2D eigenvalue weighted by Crippen LogP contribution is 2.61. The molecule has 2 saturated heterocycles. The summed E-state index contributed by atoms with van der Waals surface area (Å²) in [7, 11) is 1.35. The lowest BCUT2D eigenvalue weighted by molar-refractivity contribution is -0.131. The maximum absolute atomic E-state index is 12.8. The van der Waals surface area contributed by atoms with Gasteiger partial charge in [-0.3, -0.25) is 4.79 Å². The number of anilines is 1. The Morgan fingerprint density at radius 3 is 2.96 bits per heavy atom. The minimum absolute atomic E-state index is 0.00889. The zero-order valence-electron chi connectivity index (χ0n) is 14.0. The highest BCUT2D eigenvalue weighted by molar-refractivity contribution is 5.99. The average molecular weight is 340 g/mol. The summed E-state index contributed by atoms with van der Waals surface area (Å²) in [5, 5.41) is 10.8. The number of hydrogen-bond donors (Lipinski definition) is 1. The lowest BCUT2D eigenvalue weighted by Crippen LogP contribution is -2.57. The number of hydrogen-bond acceptors (Lipinski definition) is 4. The van der Waals surface area contributed by atoms with Crippen molar-refractivity contribution in [2.45, 2.75) is 36.8 Å². The maximum Gasteiger partial charge on any atom is 0.418 e. The van der Waals surface area contributed by atoms with Crippen molar-refractivity contribution in [2.75, 3.05) is 18.6 Å². The minimum Gasteiger partial charge on any atom is -0.452 e. The summed E-state index contributed by atoms with van der Waals surface area (Å²) in [5.74, 6) is 0.117. The van der Waals surface area contributed by atoms with Crippen molar-refractivity contribution in [3.63, 3.8) is 0 Å². The van der Waals surface area contributed by atoms with Crippen LogP contribution in [0, 0.1) is 5.92 Å². The lowest BCUT2D eigenvalue weighted by Gasteiger charge is -2.48. The molecule has 5 rings (SSSR count). The summed E-state index contributed by atoms with van der Waals surface area (Å²) in [6, 6.07) is 7.62. The van der Waals surface area contributed by atoms with Gasteiger partial charge in [0.1, 0.15) is 0 Å². The Morgan fingerprint density at radius 1 is 1.36 bits per heavy atom. The number of benzene rings is 1. The highest BCUT2D eigenvalue weighted by atomic mass is 16.5. The standard InChI is InChI=1S/C19H20N2O4/c1-25-18(24)21-13-7-3-2-6-12(13)19-10-16(23)20-8-4-5-11(17(19)20)14(22)9-15(19)21/h2-3,6-7,9,11,14,17,22H,4-5,8,10H2,1H3/t11-,14+,17-,19-/m0/s1. The van der Waals surface area contributed by atoms with E-state index in [9.17, 15) is 14.7 Å². The molecule has 6 heteroatoms. The molecule has 6 nitrogen and oxygen atoms in total. The minimum atomic E-state index is -0.664. The second-order valence-corrected chi connectivity index (χ2v) is 7.35. The van der Waals surface area contributed by atoms with Crippen molar-refractivity contribution in [3.05, 3.63) is 41.6 Å². The Balaban J connectivity index is 1.81. The topological polar surface area (TPSA) is 70.1 Å². The normalized spacial score (nSPS) is 35.0. The third kappa shape index (κ3) is 1.63. The molecule has 3 aliphatic heterocycles. The largest absolute Gasteiger partial charge is 0.452 e. The summed E-state index contributed by atoms with van der Waals surface area (Å²) in [5.41, 5.74) is 1.89. The Morgan fingerprint density at radius 2 is 2.16 bits per heavy atom. The van der Waals surface area contributed by atoms with E-state index >= 15 is 0 Å². The molecular weight excluding hydrogens is 320 g/mol. The van der Waals surface area contributed by atoms with E-state index in [0.29, 0.717) is 12.1 Å². The Bertz CT molecular complexity index is 819. The summed E-state index contributed by atoms with van der Waals surface area (Å²) in [6.45, 7) is 0.724. The van der Waals surface area contributed by atoms with E-state index in [1.54, 1.807) is 11.0 Å². The van der Waals surface area contributed by atoms with Gasteiger partial charge in [-0.15, -0.1) is 0 Å². The van der Waals surface area contributed by atoms with Crippen LogP contribution in [0.4, 0.5) is 10.5 Å². The van der Waals surface area contributed by atoms with Gasteiger partial charge >= 0.3 is 6.09 Å². The van der Waals surface area contributed by atoms with Gasteiger partial charge in [0, 0.05) is 24.6 Å². The molecule has 0 unspecified atom stereocenters. The molecule has 1 aromatic rings. The van der Waals surface area contributed by atoms with Crippen molar-refractivity contribution < 1.29 is 19.4 Å². The van der Waals surface area contributed by atoms with E-state index in [4.69, 9.17) is 4.74 Å². The van der Waals surface area contributed by atoms with E-state index in [-0.39, 0.29) is 17.9 Å². The van der Waals surface area contributed by atoms with E-state index in [2.05, 4.69) is 0 Å². The van der Waals surface area contributed by atoms with E-state index in [1.807, 2.05) is 29.2 Å². The third-order valence-corrected chi connectivity index (χ3v) is 6.38. The molecule has 1 aromatic carbocycles. The number of amides is 2. The average Bonchev–Trinajstić information content (AvgIpc) is 3.09. The molecule has 0 radical (unpaired) electrons. The fraction of sp³-hybridized carbons (Fsp3) is 0.474. The summed E-state index contributed by atoms with van der Waals surface area (Å²) < 4.78 is 5.01. The van der Waals surface area contributed by atoms with Gasteiger partial charge in [-0.2, -0.15) is 0 Å². The van der Waals surface area contributed by atoms with Gasteiger partial charge in [-0.1, -0.05) is 18.2 Å². The molecular formula is C19H20N2O4. The maximum atomic E-state index is 12.8. The predicted molar refractivity (Wildman–Crippen MR) is 89.9 cm³/mol. The molecule has 2 fully saturated rings. The fourth-order valence-electron chi connectivity index (χ4n) is 5.55. The second kappa shape index (κ2) is 4.85. The van der Waals surface area contributed by atoms with Gasteiger partial charge in [-0.25, -0.2) is 9.69 Å². The number of rotatable bonds is 0. The van der Waals surface area contributed by atoms with Gasteiger partial charge in [0.2, 0.25) is 5.91 Å². The number of nitrogens with zero attached hydrogens (tertiary/aromatic N) is 2. The molecule has 1 spiro atoms. The first-order chi connectivity index (χ1) is 12.1. The molecule has 130 valence electrons. The number of aliphatic hydroxyl groups excluding tert-OH is 1. The van der Waals surface area contributed by atoms with E-state index in [1.165, 1.54) is 7.11 Å². The highest BCUT2D eigenvalue weighted by Gasteiger charge is 2.66. The number of aliphatic hydroxyl groups is 1. The lowest BCUT2D eigenvalue weighted by atomic mass is 9.63. The Kier molecular flexibility index (Phi) is 2.90. The summed E-state index contributed by atoms with van der Waals surface area (Å²) >= 11 is 0. The van der Waals surface area contributed by atoms with Crippen LogP contribution in [0.5, 0.6) is 0 Å². The van der Waals surface area contributed by atoms with Crippen LogP contribution >= 0.6 is 0 Å². The summed E-state index contributed by atoms with van der Waals surface area (Å²) in [6.07, 6.45) is 2.77. The van der Waals surface area contributed by atoms with Gasteiger partial charge in [0.15, 0.2) is 0 Å². The first-order valence-electron chi connectivity index (χ1n) is 8.77. The molecule has 0 bridgehead atoms. The number of piperidine rings is 1. The van der Waals surface area contributed by atoms with Gasteiger partial charge < -0.3 is 14.7 Å². The number of ether oxygens (including phenoxy) is 1. The molecule has 4 atom stereocenters. The predicted octanol–water partition coefficient (Wildman–Crippen LogP) is 1.78. The van der Waals surface area contributed by atoms with E-state index < -0.39 is 17.6 Å². The second-order valence-electron chi connectivity index (χ2n) is 7.35. The number of carbonyl (C=O) groups excluding carboxylic acids is 2. The quantitative estimate of drug-likeness (QED) is 0.782. The smallest absolute Gasteiger partial charge is 0.418 e. The van der Waals surface area contributed by atoms with Crippen molar-refractivity contribution in [1.29, 1.82) is 0 Å². The van der Waals surface area contributed by atoms with Crippen molar-refractivity contribution in [2.24, 2.45) is 5.92 Å². The van der Waals surface area contributed by atoms with Crippen LogP contribution in [-0.4, -0.2) is 47.8 Å². The van der Waals surface area contributed by atoms with Crippen LogP contribution in [0.2, 0.25) is 0 Å². The number of carbonyl (C=O) groups is 2. The van der Waals surface area contributed by atoms with E-state index in [0.717, 1.165) is 30.6 Å². The SMILES string of the molecule is COC(=O)N1C2=C[C@@H](O)[C@@H]3CCCN4C(=O)C[C@@]2(c2ccccc21)[C@H]34. The molecule has 3 heterocycles. The summed E-state index contributed by atoms with van der Waals surface area (Å²) in [4.78, 5) is 28.8.